The van der Waals surface area contributed by atoms with E-state index in [4.69, 9.17) is 5.11 Å². The van der Waals surface area contributed by atoms with E-state index in [-0.39, 0.29) is 12.5 Å². The van der Waals surface area contributed by atoms with Crippen LogP contribution < -0.4 is 5.32 Å². The number of nitrogens with one attached hydrogen (secondary N) is 1. The molecule has 0 rings (SSSR count). The van der Waals surface area contributed by atoms with Gasteiger partial charge in [-0.05, 0) is 25.7 Å². The van der Waals surface area contributed by atoms with Gasteiger partial charge in [0, 0.05) is 13.0 Å². The lowest BCUT2D eigenvalue weighted by Gasteiger charge is -2.20. The van der Waals surface area contributed by atoms with Crippen LogP contribution in [0.4, 0.5) is 0 Å². The number of carbonyl (C=O) groups is 1. The highest BCUT2D eigenvalue weighted by Crippen LogP contribution is 2.17. The Balaban J connectivity index is 3.44. The van der Waals surface area contributed by atoms with Crippen LogP contribution in [-0.2, 0) is 4.79 Å². The van der Waals surface area contributed by atoms with Crippen molar-refractivity contribution in [1.82, 2.24) is 5.32 Å². The van der Waals surface area contributed by atoms with Gasteiger partial charge < -0.3 is 20.6 Å². The second-order valence-electron chi connectivity index (χ2n) is 18.0. The predicted octanol–water partition coefficient (Wildman–Crippen LogP) is 15.6. The highest BCUT2D eigenvalue weighted by Gasteiger charge is 2.18. The summed E-state index contributed by atoms with van der Waals surface area (Å²) in [5, 5.41) is 31.9. The third kappa shape index (κ3) is 46.0. The molecule has 0 aliphatic rings. The number of carbonyl (C=O) groups excluding carboxylic acids is 1. The normalized spacial score (nSPS) is 12.8. The van der Waals surface area contributed by atoms with E-state index in [1.165, 1.54) is 244 Å². The fourth-order valence-corrected chi connectivity index (χ4v) is 8.34. The average molecular weight is 806 g/mol. The van der Waals surface area contributed by atoms with Gasteiger partial charge in [-0.1, -0.05) is 269 Å². The van der Waals surface area contributed by atoms with E-state index < -0.39 is 12.1 Å². The van der Waals surface area contributed by atoms with Crippen LogP contribution in [0.25, 0.3) is 0 Å². The molecule has 0 heterocycles. The monoisotopic (exact) mass is 806 g/mol. The maximum absolute atomic E-state index is 12.4. The molecule has 0 fully saturated rings. The van der Waals surface area contributed by atoms with E-state index >= 15 is 0 Å². The van der Waals surface area contributed by atoms with Crippen molar-refractivity contribution in [3.05, 3.63) is 12.2 Å². The second kappa shape index (κ2) is 49.5. The van der Waals surface area contributed by atoms with E-state index in [0.29, 0.717) is 13.0 Å². The minimum Gasteiger partial charge on any atom is -0.396 e. The Labute approximate surface area is 357 Å². The number of hydrogen-bond acceptors (Lipinski definition) is 4. The van der Waals surface area contributed by atoms with E-state index in [2.05, 4.69) is 12.2 Å². The molecule has 0 radical (unpaired) electrons. The van der Waals surface area contributed by atoms with Crippen LogP contribution in [-0.4, -0.2) is 46.6 Å². The number of rotatable bonds is 49. The highest BCUT2D eigenvalue weighted by atomic mass is 16.3. The van der Waals surface area contributed by atoms with Gasteiger partial charge in [-0.3, -0.25) is 4.79 Å². The van der Waals surface area contributed by atoms with Gasteiger partial charge in [0.15, 0.2) is 0 Å². The molecule has 0 aromatic rings. The molecule has 0 aliphatic heterocycles. The molecular formula is C52H103NO4. The van der Waals surface area contributed by atoms with Crippen LogP contribution in [0.3, 0.4) is 0 Å². The Bertz CT molecular complexity index is 788. The molecular weight excluding hydrogens is 703 g/mol. The van der Waals surface area contributed by atoms with Gasteiger partial charge in [-0.25, -0.2) is 0 Å². The summed E-state index contributed by atoms with van der Waals surface area (Å²) in [6.45, 7) is 2.40. The predicted molar refractivity (Wildman–Crippen MR) is 250 cm³/mol. The van der Waals surface area contributed by atoms with Crippen molar-refractivity contribution in [1.29, 1.82) is 0 Å². The summed E-state index contributed by atoms with van der Waals surface area (Å²) in [5.41, 5.74) is 0. The molecule has 0 aliphatic carbocycles. The Morgan fingerprint density at radius 2 is 0.702 bits per heavy atom. The zero-order valence-electron chi connectivity index (χ0n) is 38.6. The highest BCUT2D eigenvalue weighted by molar-refractivity contribution is 5.76. The molecule has 5 heteroatoms. The zero-order valence-corrected chi connectivity index (χ0v) is 38.6. The van der Waals surface area contributed by atoms with Gasteiger partial charge in [0.05, 0.1) is 18.8 Å². The number of hydrogen-bond donors (Lipinski definition) is 4. The first kappa shape index (κ1) is 56.1. The first-order valence-electron chi connectivity index (χ1n) is 26.0. The molecule has 0 saturated carbocycles. The van der Waals surface area contributed by atoms with Crippen molar-refractivity contribution in [2.75, 3.05) is 13.2 Å². The molecule has 0 saturated heterocycles. The van der Waals surface area contributed by atoms with E-state index in [9.17, 15) is 15.0 Å². The zero-order chi connectivity index (χ0) is 41.4. The smallest absolute Gasteiger partial charge is 0.220 e. The minimum atomic E-state index is -0.838. The molecule has 57 heavy (non-hydrogen) atoms. The summed E-state index contributed by atoms with van der Waals surface area (Å²) in [6.07, 6.45) is 60.7. The summed E-state index contributed by atoms with van der Waals surface area (Å²) < 4.78 is 0. The molecule has 0 aromatic carbocycles. The van der Waals surface area contributed by atoms with Gasteiger partial charge >= 0.3 is 0 Å². The van der Waals surface area contributed by atoms with Crippen LogP contribution in [0.2, 0.25) is 0 Å². The van der Waals surface area contributed by atoms with Gasteiger partial charge in [0.25, 0.3) is 0 Å². The van der Waals surface area contributed by atoms with Gasteiger partial charge in [0.2, 0.25) is 5.91 Å². The van der Waals surface area contributed by atoms with Crippen molar-refractivity contribution < 1.29 is 20.1 Å². The summed E-state index contributed by atoms with van der Waals surface area (Å²) in [4.78, 5) is 12.4. The molecule has 0 spiro atoms. The van der Waals surface area contributed by atoms with Crippen molar-refractivity contribution in [2.45, 2.75) is 302 Å². The molecule has 1 amide bonds. The Morgan fingerprint density at radius 1 is 0.421 bits per heavy atom. The fourth-order valence-electron chi connectivity index (χ4n) is 8.34. The summed E-state index contributed by atoms with van der Waals surface area (Å²) in [7, 11) is 0. The molecule has 0 aromatic heterocycles. The Hall–Kier alpha value is -0.910. The number of amides is 1. The van der Waals surface area contributed by atoms with E-state index in [1.54, 1.807) is 6.08 Å². The van der Waals surface area contributed by atoms with Gasteiger partial charge in [-0.2, -0.15) is 0 Å². The lowest BCUT2D eigenvalue weighted by Crippen LogP contribution is -2.45. The second-order valence-corrected chi connectivity index (χ2v) is 18.0. The Kier molecular flexibility index (Phi) is 48.7. The minimum absolute atomic E-state index is 0.0610. The summed E-state index contributed by atoms with van der Waals surface area (Å²) in [6, 6.07) is -0.621. The third-order valence-electron chi connectivity index (χ3n) is 12.3. The Morgan fingerprint density at radius 3 is 1.00 bits per heavy atom. The van der Waals surface area contributed by atoms with Crippen LogP contribution in [0.5, 0.6) is 0 Å². The molecule has 340 valence electrons. The SMILES string of the molecule is CCCCCCCCCCCCCCCCCCC=CC(O)C(CO)NC(=O)CCCCCCCCCCCCCCCCCCCCCCCCCCCCO. The third-order valence-corrected chi connectivity index (χ3v) is 12.3. The van der Waals surface area contributed by atoms with Gasteiger partial charge in [0.1, 0.15) is 0 Å². The summed E-state index contributed by atoms with van der Waals surface area (Å²) >= 11 is 0. The molecule has 2 unspecified atom stereocenters. The van der Waals surface area contributed by atoms with Crippen LogP contribution in [0.1, 0.15) is 289 Å². The van der Waals surface area contributed by atoms with E-state index in [0.717, 1.165) is 32.1 Å². The average Bonchev–Trinajstić information content (AvgIpc) is 3.22. The number of unbranched alkanes of at least 4 members (excludes halogenated alkanes) is 41. The van der Waals surface area contributed by atoms with Crippen molar-refractivity contribution in [2.24, 2.45) is 0 Å². The summed E-state index contributed by atoms with van der Waals surface area (Å²) in [5.74, 6) is -0.0610. The molecule has 2 atom stereocenters. The molecule has 0 bridgehead atoms. The van der Waals surface area contributed by atoms with Gasteiger partial charge in [-0.15, -0.1) is 0 Å². The van der Waals surface area contributed by atoms with Crippen molar-refractivity contribution >= 4 is 5.91 Å². The van der Waals surface area contributed by atoms with Crippen molar-refractivity contribution in [3.63, 3.8) is 0 Å². The van der Waals surface area contributed by atoms with E-state index in [1.807, 2.05) is 6.08 Å². The number of aliphatic hydroxyl groups excluding tert-OH is 3. The number of aliphatic hydroxyl groups is 3. The number of allylic oxidation sites excluding steroid dienone is 1. The lowest BCUT2D eigenvalue weighted by molar-refractivity contribution is -0.123. The maximum atomic E-state index is 12.4. The maximum Gasteiger partial charge on any atom is 0.220 e. The topological polar surface area (TPSA) is 89.8 Å². The van der Waals surface area contributed by atoms with Crippen LogP contribution >= 0.6 is 0 Å². The lowest BCUT2D eigenvalue weighted by atomic mass is 10.0. The quantitative estimate of drug-likeness (QED) is 0.0364. The van der Waals surface area contributed by atoms with Crippen LogP contribution in [0.15, 0.2) is 12.2 Å². The first-order chi connectivity index (χ1) is 28.2. The first-order valence-corrected chi connectivity index (χ1v) is 26.0. The largest absolute Gasteiger partial charge is 0.396 e. The molecule has 4 N–H and O–H groups in total. The molecule has 5 nitrogen and oxygen atoms in total. The standard InChI is InChI=1S/C52H103NO4/c1-2-3-4-5-6-7-8-9-10-11-22-25-28-31-34-37-40-43-46-51(56)50(49-55)53-52(57)47-44-41-38-35-32-29-26-23-20-18-16-14-12-13-15-17-19-21-24-27-30-33-36-39-42-45-48-54/h43,46,50-51,54-56H,2-42,44-45,47-49H2,1H3,(H,53,57). The fraction of sp³-hybridized carbons (Fsp3) is 0.942. The van der Waals surface area contributed by atoms with Crippen molar-refractivity contribution in [3.8, 4) is 0 Å². The van der Waals surface area contributed by atoms with Crippen LogP contribution in [0, 0.1) is 0 Å².